The first-order valence-corrected chi connectivity index (χ1v) is 8.43. The maximum Gasteiger partial charge on any atom is 0.119 e. The van der Waals surface area contributed by atoms with E-state index >= 15 is 0 Å². The van der Waals surface area contributed by atoms with Gasteiger partial charge >= 0.3 is 0 Å². The first kappa shape index (κ1) is 14.9. The van der Waals surface area contributed by atoms with Crippen LogP contribution in [0.5, 0.6) is 5.75 Å². The molecule has 2 fully saturated rings. The largest absolute Gasteiger partial charge is 0.490 e. The average molecular weight is 289 g/mol. The number of rotatable bonds is 9. The summed E-state index contributed by atoms with van der Waals surface area (Å²) in [5.74, 6) is 1.72. The predicted octanol–water partition coefficient (Wildman–Crippen LogP) is 3.69. The summed E-state index contributed by atoms with van der Waals surface area (Å²) in [6.07, 6.45) is 5.77. The van der Waals surface area contributed by atoms with Crippen molar-refractivity contribution in [2.45, 2.75) is 57.8 Å². The minimum absolute atomic E-state index is 0.289. The molecule has 2 unspecified atom stereocenters. The van der Waals surface area contributed by atoms with Gasteiger partial charge in [0.05, 0.1) is 18.2 Å². The van der Waals surface area contributed by atoms with Crippen molar-refractivity contribution in [3.8, 4) is 5.75 Å². The van der Waals surface area contributed by atoms with Crippen LogP contribution in [0, 0.1) is 5.92 Å². The standard InChI is InChI=1S/C18H27NO2/c1-3-19-17(18(20-4-2)14-5-6-14)13-7-9-15(10-8-13)21-16-11-12-16/h7-10,14,16-19H,3-6,11-12H2,1-2H3. The van der Waals surface area contributed by atoms with E-state index in [2.05, 4.69) is 43.4 Å². The molecule has 0 heterocycles. The molecule has 1 aromatic rings. The molecule has 0 spiro atoms. The third-order valence-corrected chi connectivity index (χ3v) is 4.26. The van der Waals surface area contributed by atoms with Crippen molar-refractivity contribution in [3.05, 3.63) is 29.8 Å². The lowest BCUT2D eigenvalue weighted by Gasteiger charge is -2.28. The van der Waals surface area contributed by atoms with Crippen molar-refractivity contribution in [2.24, 2.45) is 5.92 Å². The molecular formula is C18H27NO2. The molecule has 0 aliphatic heterocycles. The van der Waals surface area contributed by atoms with E-state index in [4.69, 9.17) is 9.47 Å². The van der Waals surface area contributed by atoms with Gasteiger partial charge in [0.25, 0.3) is 0 Å². The monoisotopic (exact) mass is 289 g/mol. The van der Waals surface area contributed by atoms with Gasteiger partial charge in [0.1, 0.15) is 5.75 Å². The number of hydrogen-bond donors (Lipinski definition) is 1. The fourth-order valence-electron chi connectivity index (χ4n) is 2.90. The highest BCUT2D eigenvalue weighted by molar-refractivity contribution is 5.30. The summed E-state index contributed by atoms with van der Waals surface area (Å²) in [6.45, 7) is 5.99. The van der Waals surface area contributed by atoms with Gasteiger partial charge in [-0.05, 0) is 62.8 Å². The topological polar surface area (TPSA) is 30.5 Å². The lowest BCUT2D eigenvalue weighted by Crippen LogP contribution is -2.35. The minimum Gasteiger partial charge on any atom is -0.490 e. The van der Waals surface area contributed by atoms with Gasteiger partial charge in [-0.2, -0.15) is 0 Å². The fraction of sp³-hybridized carbons (Fsp3) is 0.667. The van der Waals surface area contributed by atoms with Crippen LogP contribution in [0.3, 0.4) is 0 Å². The molecule has 3 heteroatoms. The summed E-state index contributed by atoms with van der Waals surface area (Å²) in [4.78, 5) is 0. The van der Waals surface area contributed by atoms with Crippen LogP contribution in [0.25, 0.3) is 0 Å². The van der Waals surface area contributed by atoms with E-state index in [0.29, 0.717) is 12.2 Å². The molecule has 3 rings (SSSR count). The van der Waals surface area contributed by atoms with Gasteiger partial charge in [-0.3, -0.25) is 0 Å². The van der Waals surface area contributed by atoms with Gasteiger partial charge in [0, 0.05) is 6.61 Å². The summed E-state index contributed by atoms with van der Waals surface area (Å²) in [5, 5.41) is 3.61. The molecule has 2 atom stereocenters. The van der Waals surface area contributed by atoms with E-state index in [9.17, 15) is 0 Å². The smallest absolute Gasteiger partial charge is 0.119 e. The Kier molecular flexibility index (Phi) is 4.81. The molecular weight excluding hydrogens is 262 g/mol. The highest BCUT2D eigenvalue weighted by Gasteiger charge is 2.37. The van der Waals surface area contributed by atoms with Crippen molar-refractivity contribution in [2.75, 3.05) is 13.2 Å². The predicted molar refractivity (Wildman–Crippen MR) is 84.6 cm³/mol. The Morgan fingerprint density at radius 2 is 1.81 bits per heavy atom. The van der Waals surface area contributed by atoms with Gasteiger partial charge in [-0.15, -0.1) is 0 Å². The van der Waals surface area contributed by atoms with Crippen LogP contribution in [0.2, 0.25) is 0 Å². The van der Waals surface area contributed by atoms with Gasteiger partial charge in [0.2, 0.25) is 0 Å². The molecule has 0 aromatic heterocycles. The van der Waals surface area contributed by atoms with E-state index in [1.54, 1.807) is 0 Å². The fourth-order valence-corrected chi connectivity index (χ4v) is 2.90. The van der Waals surface area contributed by atoms with Crippen LogP contribution >= 0.6 is 0 Å². The molecule has 0 saturated heterocycles. The van der Waals surface area contributed by atoms with Crippen LogP contribution in [0.4, 0.5) is 0 Å². The third kappa shape index (κ3) is 3.98. The number of likely N-dealkylation sites (N-methyl/N-ethyl adjacent to an activating group) is 1. The quantitative estimate of drug-likeness (QED) is 0.752. The second-order valence-electron chi connectivity index (χ2n) is 6.18. The van der Waals surface area contributed by atoms with E-state index in [0.717, 1.165) is 24.8 Å². The zero-order valence-corrected chi connectivity index (χ0v) is 13.2. The highest BCUT2D eigenvalue weighted by Crippen LogP contribution is 2.40. The zero-order chi connectivity index (χ0) is 14.7. The molecule has 1 N–H and O–H groups in total. The van der Waals surface area contributed by atoms with E-state index in [-0.39, 0.29) is 6.04 Å². The third-order valence-electron chi connectivity index (χ3n) is 4.26. The molecule has 0 radical (unpaired) electrons. The van der Waals surface area contributed by atoms with Crippen molar-refractivity contribution in [1.82, 2.24) is 5.32 Å². The van der Waals surface area contributed by atoms with E-state index in [1.807, 2.05) is 0 Å². The summed E-state index contributed by atoms with van der Waals surface area (Å²) in [5.41, 5.74) is 1.31. The lowest BCUT2D eigenvalue weighted by molar-refractivity contribution is 0.0189. The van der Waals surface area contributed by atoms with Crippen molar-refractivity contribution < 1.29 is 9.47 Å². The Labute approximate surface area is 128 Å². The van der Waals surface area contributed by atoms with Crippen molar-refractivity contribution >= 4 is 0 Å². The number of benzene rings is 1. The summed E-state index contributed by atoms with van der Waals surface area (Å²) >= 11 is 0. The molecule has 1 aromatic carbocycles. The average Bonchev–Trinajstić information content (AvgIpc) is 3.37. The SMILES string of the molecule is CCNC(c1ccc(OC2CC2)cc1)C(OCC)C1CC1. The summed E-state index contributed by atoms with van der Waals surface area (Å²) in [7, 11) is 0. The molecule has 0 bridgehead atoms. The first-order chi connectivity index (χ1) is 10.3. The van der Waals surface area contributed by atoms with Crippen LogP contribution in [0.15, 0.2) is 24.3 Å². The second kappa shape index (κ2) is 6.80. The molecule has 0 amide bonds. The zero-order valence-electron chi connectivity index (χ0n) is 13.2. The Morgan fingerprint density at radius 3 is 2.33 bits per heavy atom. The van der Waals surface area contributed by atoms with Crippen molar-refractivity contribution in [3.63, 3.8) is 0 Å². The molecule has 21 heavy (non-hydrogen) atoms. The summed E-state index contributed by atoms with van der Waals surface area (Å²) < 4.78 is 11.9. The van der Waals surface area contributed by atoms with E-state index < -0.39 is 0 Å². The maximum atomic E-state index is 6.05. The Morgan fingerprint density at radius 1 is 1.10 bits per heavy atom. The molecule has 2 saturated carbocycles. The molecule has 3 nitrogen and oxygen atoms in total. The van der Waals surface area contributed by atoms with Crippen molar-refractivity contribution in [1.29, 1.82) is 0 Å². The van der Waals surface area contributed by atoms with Crippen LogP contribution < -0.4 is 10.1 Å². The lowest BCUT2D eigenvalue weighted by atomic mass is 9.97. The molecule has 2 aliphatic carbocycles. The van der Waals surface area contributed by atoms with Gasteiger partial charge in [-0.1, -0.05) is 19.1 Å². The Balaban J connectivity index is 1.71. The van der Waals surface area contributed by atoms with Gasteiger partial charge in [-0.25, -0.2) is 0 Å². The Bertz CT molecular complexity index is 437. The number of nitrogens with one attached hydrogen (secondary N) is 1. The summed E-state index contributed by atoms with van der Waals surface area (Å²) in [6, 6.07) is 8.89. The van der Waals surface area contributed by atoms with Crippen LogP contribution in [-0.4, -0.2) is 25.4 Å². The van der Waals surface area contributed by atoms with Gasteiger partial charge < -0.3 is 14.8 Å². The van der Waals surface area contributed by atoms with Gasteiger partial charge in [0.15, 0.2) is 0 Å². The van der Waals surface area contributed by atoms with E-state index in [1.165, 1.54) is 31.2 Å². The molecule has 2 aliphatic rings. The first-order valence-electron chi connectivity index (χ1n) is 8.43. The second-order valence-corrected chi connectivity index (χ2v) is 6.18. The van der Waals surface area contributed by atoms with Crippen LogP contribution in [0.1, 0.15) is 51.1 Å². The minimum atomic E-state index is 0.289. The maximum absolute atomic E-state index is 6.05. The number of hydrogen-bond acceptors (Lipinski definition) is 3. The highest BCUT2D eigenvalue weighted by atomic mass is 16.5. The molecule has 116 valence electrons. The normalized spacial score (nSPS) is 21.0. The Hall–Kier alpha value is -1.06. The number of ether oxygens (including phenoxy) is 2. The van der Waals surface area contributed by atoms with Crippen LogP contribution in [-0.2, 0) is 4.74 Å².